The highest BCUT2D eigenvalue weighted by atomic mass is 19.3. The number of aromatic nitrogens is 2. The van der Waals surface area contributed by atoms with Crippen LogP contribution in [0.3, 0.4) is 0 Å². The fourth-order valence-corrected chi connectivity index (χ4v) is 3.62. The van der Waals surface area contributed by atoms with Crippen LogP contribution in [0.1, 0.15) is 24.3 Å². The fourth-order valence-electron chi connectivity index (χ4n) is 3.62. The highest BCUT2D eigenvalue weighted by Crippen LogP contribution is 2.29. The predicted octanol–water partition coefficient (Wildman–Crippen LogP) is 4.22. The Balaban J connectivity index is 1.52. The molecule has 1 aliphatic rings. The Morgan fingerprint density at radius 1 is 1.13 bits per heavy atom. The zero-order valence-electron chi connectivity index (χ0n) is 16.8. The van der Waals surface area contributed by atoms with E-state index >= 15 is 0 Å². The molecule has 0 bridgehead atoms. The monoisotopic (exact) mass is 431 g/mol. The first-order valence-corrected chi connectivity index (χ1v) is 10.1. The van der Waals surface area contributed by atoms with Gasteiger partial charge in [0, 0.05) is 25.3 Å². The van der Waals surface area contributed by atoms with Crippen LogP contribution >= 0.6 is 0 Å². The van der Waals surface area contributed by atoms with Crippen molar-refractivity contribution in [3.63, 3.8) is 0 Å². The minimum atomic E-state index is -2.95. The molecule has 4 rings (SSSR count). The Morgan fingerprint density at radius 2 is 1.94 bits per heavy atom. The number of para-hydroxylation sites is 2. The third-order valence-corrected chi connectivity index (χ3v) is 5.04. The van der Waals surface area contributed by atoms with Gasteiger partial charge in [0.15, 0.2) is 0 Å². The smallest absolute Gasteiger partial charge is 0.387 e. The van der Waals surface area contributed by atoms with Gasteiger partial charge in [-0.3, -0.25) is 4.90 Å². The van der Waals surface area contributed by atoms with Gasteiger partial charge in [-0.1, -0.05) is 35.5 Å². The van der Waals surface area contributed by atoms with Crippen LogP contribution in [0.5, 0.6) is 11.5 Å². The summed E-state index contributed by atoms with van der Waals surface area (Å²) in [5.74, 6) is 0.695. The highest BCUT2D eigenvalue weighted by Gasteiger charge is 2.23. The van der Waals surface area contributed by atoms with Gasteiger partial charge in [0.1, 0.15) is 11.5 Å². The maximum atomic E-state index is 12.7. The van der Waals surface area contributed by atoms with Crippen molar-refractivity contribution < 1.29 is 27.9 Å². The first-order valence-electron chi connectivity index (χ1n) is 10.1. The van der Waals surface area contributed by atoms with Crippen molar-refractivity contribution in [2.45, 2.75) is 38.6 Å². The average molecular weight is 431 g/mol. The molecule has 164 valence electrons. The molecule has 0 saturated carbocycles. The molecule has 1 aromatic heterocycles. The Labute approximate surface area is 178 Å². The minimum Gasteiger partial charge on any atom is -0.508 e. The van der Waals surface area contributed by atoms with Crippen LogP contribution in [0.4, 0.5) is 8.78 Å². The van der Waals surface area contributed by atoms with Crippen molar-refractivity contribution in [2.24, 2.45) is 0 Å². The fraction of sp³-hybridized carbons (Fsp3) is 0.364. The molecule has 7 nitrogen and oxygen atoms in total. The molecule has 31 heavy (non-hydrogen) atoms. The summed E-state index contributed by atoms with van der Waals surface area (Å²) in [5.41, 5.74) is 1.10. The third kappa shape index (κ3) is 5.56. The molecule has 9 heteroatoms. The second-order valence-corrected chi connectivity index (χ2v) is 7.32. The van der Waals surface area contributed by atoms with Crippen molar-refractivity contribution in [3.8, 4) is 22.9 Å². The molecule has 0 spiro atoms. The number of phenolic OH excluding ortho intramolecular Hbond substituents is 1. The first-order chi connectivity index (χ1) is 15.1. The van der Waals surface area contributed by atoms with E-state index in [1.165, 1.54) is 6.07 Å². The number of ether oxygens (including phenoxy) is 2. The molecular weight excluding hydrogens is 408 g/mol. The van der Waals surface area contributed by atoms with E-state index in [1.807, 2.05) is 12.1 Å². The highest BCUT2D eigenvalue weighted by molar-refractivity contribution is 5.63. The number of halogens is 2. The van der Waals surface area contributed by atoms with Gasteiger partial charge in [0.2, 0.25) is 11.7 Å². The number of nitrogens with zero attached hydrogens (tertiary/aromatic N) is 3. The molecule has 3 aromatic rings. The second-order valence-electron chi connectivity index (χ2n) is 7.32. The topological polar surface area (TPSA) is 80.9 Å². The van der Waals surface area contributed by atoms with Crippen LogP contribution in [0.25, 0.3) is 11.4 Å². The standard InChI is InChI=1S/C22H23F2N3O4/c23-22(24)30-19-10-4-2-8-17(19)21-25-20(31-26-21)14-27(13-16-7-5-11-29-16)12-15-6-1-3-9-18(15)28/h1-4,6,8-10,16,22,28H,5,7,11-14H2. The largest absolute Gasteiger partial charge is 0.508 e. The van der Waals surface area contributed by atoms with Gasteiger partial charge < -0.3 is 19.1 Å². The Hall–Kier alpha value is -3.04. The molecule has 0 aliphatic carbocycles. The lowest BCUT2D eigenvalue weighted by Gasteiger charge is -2.24. The van der Waals surface area contributed by atoms with E-state index in [-0.39, 0.29) is 23.4 Å². The molecule has 1 unspecified atom stereocenters. The molecule has 0 amide bonds. The molecule has 1 atom stereocenters. The van der Waals surface area contributed by atoms with Gasteiger partial charge >= 0.3 is 6.61 Å². The summed E-state index contributed by atoms with van der Waals surface area (Å²) in [6.45, 7) is -0.792. The maximum Gasteiger partial charge on any atom is 0.387 e. The summed E-state index contributed by atoms with van der Waals surface area (Å²) >= 11 is 0. The number of benzene rings is 2. The Kier molecular flexibility index (Phi) is 6.73. The maximum absolute atomic E-state index is 12.7. The average Bonchev–Trinajstić information content (AvgIpc) is 3.42. The summed E-state index contributed by atoms with van der Waals surface area (Å²) < 4.78 is 41.1. The van der Waals surface area contributed by atoms with Gasteiger partial charge in [-0.25, -0.2) is 0 Å². The normalized spacial score (nSPS) is 16.3. The van der Waals surface area contributed by atoms with Crippen molar-refractivity contribution in [1.29, 1.82) is 0 Å². The summed E-state index contributed by atoms with van der Waals surface area (Å²) in [7, 11) is 0. The summed E-state index contributed by atoms with van der Waals surface area (Å²) in [4.78, 5) is 6.44. The van der Waals surface area contributed by atoms with Crippen LogP contribution in [0.2, 0.25) is 0 Å². The SMILES string of the molecule is Oc1ccccc1CN(Cc1nc(-c2ccccc2OC(F)F)no1)CC1CCCO1. The second kappa shape index (κ2) is 9.84. The van der Waals surface area contributed by atoms with Crippen LogP contribution in [0, 0.1) is 0 Å². The predicted molar refractivity (Wildman–Crippen MR) is 108 cm³/mol. The van der Waals surface area contributed by atoms with Crippen LogP contribution in [0.15, 0.2) is 53.1 Å². The van der Waals surface area contributed by atoms with Crippen molar-refractivity contribution in [3.05, 3.63) is 60.0 Å². The third-order valence-electron chi connectivity index (χ3n) is 5.04. The van der Waals surface area contributed by atoms with E-state index in [0.717, 1.165) is 25.0 Å². The van der Waals surface area contributed by atoms with Crippen LogP contribution in [-0.4, -0.2) is 46.0 Å². The molecular formula is C22H23F2N3O4. The first kappa shape index (κ1) is 21.2. The molecule has 0 radical (unpaired) electrons. The number of rotatable bonds is 9. The zero-order valence-corrected chi connectivity index (χ0v) is 16.8. The number of aromatic hydroxyl groups is 1. The van der Waals surface area contributed by atoms with E-state index in [4.69, 9.17) is 9.26 Å². The van der Waals surface area contributed by atoms with E-state index in [1.54, 1.807) is 30.3 Å². The lowest BCUT2D eigenvalue weighted by molar-refractivity contribution is -0.0494. The number of phenols is 1. The molecule has 1 saturated heterocycles. The number of hydrogen-bond acceptors (Lipinski definition) is 7. The summed E-state index contributed by atoms with van der Waals surface area (Å²) in [6.07, 6.45) is 2.07. The lowest BCUT2D eigenvalue weighted by atomic mass is 10.1. The van der Waals surface area contributed by atoms with E-state index < -0.39 is 6.61 Å². The quantitative estimate of drug-likeness (QED) is 0.543. The molecule has 2 aromatic carbocycles. The minimum absolute atomic E-state index is 0.0183. The number of alkyl halides is 2. The molecule has 1 N–H and O–H groups in total. The van der Waals surface area contributed by atoms with Crippen molar-refractivity contribution in [1.82, 2.24) is 15.0 Å². The van der Waals surface area contributed by atoms with Crippen LogP contribution in [-0.2, 0) is 17.8 Å². The molecule has 1 aliphatic heterocycles. The summed E-state index contributed by atoms with van der Waals surface area (Å²) in [6, 6.07) is 13.4. The van der Waals surface area contributed by atoms with Gasteiger partial charge in [-0.15, -0.1) is 0 Å². The van der Waals surface area contributed by atoms with Gasteiger partial charge in [0.05, 0.1) is 18.2 Å². The van der Waals surface area contributed by atoms with Crippen LogP contribution < -0.4 is 4.74 Å². The Bertz CT molecular complexity index is 992. The van der Waals surface area contributed by atoms with Crippen molar-refractivity contribution >= 4 is 0 Å². The van der Waals surface area contributed by atoms with Gasteiger partial charge in [0.25, 0.3) is 0 Å². The van der Waals surface area contributed by atoms with Gasteiger partial charge in [-0.05, 0) is 31.0 Å². The van der Waals surface area contributed by atoms with E-state index in [2.05, 4.69) is 19.8 Å². The van der Waals surface area contributed by atoms with Gasteiger partial charge in [-0.2, -0.15) is 13.8 Å². The summed E-state index contributed by atoms with van der Waals surface area (Å²) in [5, 5.41) is 14.1. The number of hydrogen-bond donors (Lipinski definition) is 1. The zero-order chi connectivity index (χ0) is 21.6. The van der Waals surface area contributed by atoms with Crippen molar-refractivity contribution in [2.75, 3.05) is 13.2 Å². The molecule has 1 fully saturated rings. The van der Waals surface area contributed by atoms with E-state index in [0.29, 0.717) is 31.1 Å². The van der Waals surface area contributed by atoms with E-state index in [9.17, 15) is 13.9 Å². The molecule has 2 heterocycles. The Morgan fingerprint density at radius 3 is 2.71 bits per heavy atom. The lowest BCUT2D eigenvalue weighted by Crippen LogP contribution is -2.31.